The van der Waals surface area contributed by atoms with E-state index in [-0.39, 0.29) is 17.8 Å². The maximum Gasteiger partial charge on any atom is 0.334 e. The highest BCUT2D eigenvalue weighted by Crippen LogP contribution is 2.70. The summed E-state index contributed by atoms with van der Waals surface area (Å²) in [6.07, 6.45) is 0. The molecule has 0 radical (unpaired) electrons. The lowest BCUT2D eigenvalue weighted by Crippen LogP contribution is -2.48. The molecule has 1 heterocycles. The van der Waals surface area contributed by atoms with Gasteiger partial charge in [-0.25, -0.2) is 4.79 Å². The van der Waals surface area contributed by atoms with Crippen LogP contribution in [0.15, 0.2) is 48.5 Å². The van der Waals surface area contributed by atoms with Crippen LogP contribution in [-0.2, 0) is 14.5 Å². The Balaban J connectivity index is 2.06. The Morgan fingerprint density at radius 2 is 1.45 bits per heavy atom. The van der Waals surface area contributed by atoms with Gasteiger partial charge < -0.3 is 4.74 Å². The largest absolute Gasteiger partial charge is 0.441 e. The first kappa shape index (κ1) is 23.1. The number of benzene rings is 2. The van der Waals surface area contributed by atoms with Crippen molar-refractivity contribution in [3.05, 3.63) is 70.8 Å². The van der Waals surface area contributed by atoms with Gasteiger partial charge in [-0.3, -0.25) is 0 Å². The summed E-state index contributed by atoms with van der Waals surface area (Å²) >= 11 is 5.38. The van der Waals surface area contributed by atoms with Crippen LogP contribution in [0.1, 0.15) is 61.8 Å². The Kier molecular flexibility index (Phi) is 6.77. The lowest BCUT2D eigenvalue weighted by atomic mass is 9.64. The molecule has 2 aromatic rings. The Hall–Kier alpha value is -1.04. The number of hydrogen-bond donors (Lipinski definition) is 0. The van der Waals surface area contributed by atoms with Gasteiger partial charge in [0.15, 0.2) is 9.01 Å². The zero-order valence-electron chi connectivity index (χ0n) is 19.0. The molecule has 0 amide bonds. The Bertz CT molecular complexity index is 953. The van der Waals surface area contributed by atoms with Gasteiger partial charge in [0, 0.05) is 11.5 Å². The third-order valence-electron chi connectivity index (χ3n) is 6.70. The first-order valence-electron chi connectivity index (χ1n) is 11.3. The summed E-state index contributed by atoms with van der Waals surface area (Å²) in [4.78, 5) is 13.2. The SMILES string of the molecule is CCSC1(SCC)C(=O)OC2(SCC)c3ccccc3C(C)C(c3ccccc3C)C12. The summed E-state index contributed by atoms with van der Waals surface area (Å²) < 4.78 is 5.97. The van der Waals surface area contributed by atoms with Crippen molar-refractivity contribution in [1.82, 2.24) is 0 Å². The zero-order valence-corrected chi connectivity index (χ0v) is 21.5. The van der Waals surface area contributed by atoms with Crippen LogP contribution in [0, 0.1) is 12.8 Å². The van der Waals surface area contributed by atoms with Gasteiger partial charge in [0.1, 0.15) is 0 Å². The molecule has 166 valence electrons. The Labute approximate surface area is 199 Å². The molecule has 0 aromatic heterocycles. The summed E-state index contributed by atoms with van der Waals surface area (Å²) in [5, 5.41) is 0. The van der Waals surface area contributed by atoms with E-state index >= 15 is 0 Å². The van der Waals surface area contributed by atoms with Crippen LogP contribution in [0.25, 0.3) is 0 Å². The summed E-state index contributed by atoms with van der Waals surface area (Å²) in [6.45, 7) is 11.0. The van der Waals surface area contributed by atoms with Crippen LogP contribution in [0.2, 0.25) is 0 Å². The van der Waals surface area contributed by atoms with E-state index < -0.39 is 9.01 Å². The number of hydrogen-bond acceptors (Lipinski definition) is 5. The van der Waals surface area contributed by atoms with E-state index in [1.54, 1.807) is 23.5 Å². The van der Waals surface area contributed by atoms with Crippen LogP contribution in [-0.4, -0.2) is 27.3 Å². The third kappa shape index (κ3) is 3.46. The molecule has 2 nitrogen and oxygen atoms in total. The quantitative estimate of drug-likeness (QED) is 0.314. The van der Waals surface area contributed by atoms with Gasteiger partial charge in [-0.1, -0.05) is 76.2 Å². The number of rotatable bonds is 7. The molecule has 0 saturated carbocycles. The molecule has 31 heavy (non-hydrogen) atoms. The molecule has 1 aliphatic heterocycles. The van der Waals surface area contributed by atoms with E-state index in [0.717, 1.165) is 17.3 Å². The minimum absolute atomic E-state index is 0.0420. The van der Waals surface area contributed by atoms with Gasteiger partial charge in [0.05, 0.1) is 5.92 Å². The second-order valence-electron chi connectivity index (χ2n) is 8.26. The molecule has 4 atom stereocenters. The number of esters is 1. The first-order valence-corrected chi connectivity index (χ1v) is 14.2. The molecule has 1 saturated heterocycles. The van der Waals surface area contributed by atoms with Crippen molar-refractivity contribution in [2.24, 2.45) is 5.92 Å². The summed E-state index contributed by atoms with van der Waals surface area (Å²) in [7, 11) is 0. The molecule has 1 fully saturated rings. The van der Waals surface area contributed by atoms with Gasteiger partial charge in [0.25, 0.3) is 0 Å². The van der Waals surface area contributed by atoms with Crippen molar-refractivity contribution >= 4 is 41.3 Å². The summed E-state index contributed by atoms with van der Waals surface area (Å²) in [6, 6.07) is 17.4. The molecule has 2 aromatic carbocycles. The molecular weight excluding hydrogens is 440 g/mol. The third-order valence-corrected chi connectivity index (χ3v) is 11.0. The summed E-state index contributed by atoms with van der Waals surface area (Å²) in [5.41, 5.74) is 5.17. The molecule has 4 unspecified atom stereocenters. The Morgan fingerprint density at radius 1 is 0.871 bits per heavy atom. The second kappa shape index (κ2) is 9.07. The van der Waals surface area contributed by atoms with Gasteiger partial charge in [0.2, 0.25) is 0 Å². The van der Waals surface area contributed by atoms with Crippen molar-refractivity contribution in [2.75, 3.05) is 17.3 Å². The van der Waals surface area contributed by atoms with Crippen molar-refractivity contribution in [1.29, 1.82) is 0 Å². The highest BCUT2D eigenvalue weighted by molar-refractivity contribution is 8.19. The van der Waals surface area contributed by atoms with E-state index in [9.17, 15) is 4.79 Å². The first-order chi connectivity index (χ1) is 15.0. The van der Waals surface area contributed by atoms with Gasteiger partial charge in [-0.15, -0.1) is 35.3 Å². The van der Waals surface area contributed by atoms with Crippen LogP contribution >= 0.6 is 35.3 Å². The number of fused-ring (bicyclic) bond motifs is 3. The standard InChI is InChI=1S/C26H32O2S3/c1-6-29-25-21-16-12-11-15-20(21)18(5)22(19-14-10-9-13-17(19)4)23(25)26(30-7-2,31-8-3)24(27)28-25/h9-16,18,22-23H,6-8H2,1-5H3. The maximum atomic E-state index is 13.8. The predicted molar refractivity (Wildman–Crippen MR) is 137 cm³/mol. The minimum atomic E-state index is -0.647. The molecule has 0 bridgehead atoms. The number of carbonyl (C=O) groups excluding carboxylic acids is 1. The molecule has 0 N–H and O–H groups in total. The fourth-order valence-corrected chi connectivity index (χ4v) is 10.4. The number of aryl methyl sites for hydroxylation is 1. The van der Waals surface area contributed by atoms with E-state index in [0.29, 0.717) is 5.92 Å². The average molecular weight is 473 g/mol. The lowest BCUT2D eigenvalue weighted by Gasteiger charge is -2.49. The van der Waals surface area contributed by atoms with Crippen LogP contribution in [0.3, 0.4) is 0 Å². The maximum absolute atomic E-state index is 13.8. The van der Waals surface area contributed by atoms with Gasteiger partial charge in [-0.05, 0) is 46.8 Å². The van der Waals surface area contributed by atoms with E-state index in [2.05, 4.69) is 83.1 Å². The lowest BCUT2D eigenvalue weighted by molar-refractivity contribution is -0.144. The smallest absolute Gasteiger partial charge is 0.334 e. The van der Waals surface area contributed by atoms with Crippen LogP contribution in [0.4, 0.5) is 0 Å². The monoisotopic (exact) mass is 472 g/mol. The average Bonchev–Trinajstić information content (AvgIpc) is 2.99. The van der Waals surface area contributed by atoms with Crippen molar-refractivity contribution in [3.8, 4) is 0 Å². The van der Waals surface area contributed by atoms with Gasteiger partial charge in [-0.2, -0.15) is 0 Å². The van der Waals surface area contributed by atoms with Crippen molar-refractivity contribution in [2.45, 2.75) is 55.5 Å². The molecule has 5 heteroatoms. The number of ether oxygens (including phenoxy) is 1. The van der Waals surface area contributed by atoms with E-state index in [4.69, 9.17) is 4.74 Å². The topological polar surface area (TPSA) is 26.3 Å². The van der Waals surface area contributed by atoms with Crippen LogP contribution in [0.5, 0.6) is 0 Å². The van der Waals surface area contributed by atoms with Crippen LogP contribution < -0.4 is 0 Å². The molecule has 4 rings (SSSR count). The van der Waals surface area contributed by atoms with E-state index in [1.807, 2.05) is 11.8 Å². The normalized spacial score (nSPS) is 28.7. The molecule has 0 spiro atoms. The van der Waals surface area contributed by atoms with Crippen molar-refractivity contribution < 1.29 is 9.53 Å². The zero-order chi connectivity index (χ0) is 22.2. The highest BCUT2D eigenvalue weighted by atomic mass is 32.2. The molecule has 2 aliphatic rings. The molecular formula is C26H32O2S3. The number of carbonyl (C=O) groups is 1. The highest BCUT2D eigenvalue weighted by Gasteiger charge is 2.71. The fraction of sp³-hybridized carbons (Fsp3) is 0.500. The van der Waals surface area contributed by atoms with Crippen molar-refractivity contribution in [3.63, 3.8) is 0 Å². The minimum Gasteiger partial charge on any atom is -0.441 e. The van der Waals surface area contributed by atoms with Gasteiger partial charge >= 0.3 is 5.97 Å². The molecule has 1 aliphatic carbocycles. The Morgan fingerprint density at radius 3 is 2.06 bits per heavy atom. The van der Waals surface area contributed by atoms with E-state index in [1.165, 1.54) is 22.3 Å². The second-order valence-corrected chi connectivity index (χ2v) is 13.0. The predicted octanol–water partition coefficient (Wildman–Crippen LogP) is 7.18. The summed E-state index contributed by atoms with van der Waals surface area (Å²) in [5.74, 6) is 3.20. The fourth-order valence-electron chi connectivity index (χ4n) is 5.63. The number of thioether (sulfide) groups is 3.